The summed E-state index contributed by atoms with van der Waals surface area (Å²) in [6, 6.07) is 3.48. The van der Waals surface area contributed by atoms with Crippen LogP contribution in [0.2, 0.25) is 6.32 Å². The van der Waals surface area contributed by atoms with E-state index in [0.29, 0.717) is 25.8 Å². The van der Waals surface area contributed by atoms with Gasteiger partial charge in [-0.1, -0.05) is 6.07 Å². The molecule has 0 spiro atoms. The maximum absolute atomic E-state index is 11.7. The fourth-order valence-corrected chi connectivity index (χ4v) is 3.29. The van der Waals surface area contributed by atoms with Crippen LogP contribution >= 0.6 is 0 Å². The van der Waals surface area contributed by atoms with Crippen LogP contribution in [0.25, 0.3) is 0 Å². The summed E-state index contributed by atoms with van der Waals surface area (Å²) in [5.74, 6) is -0.632. The van der Waals surface area contributed by atoms with Gasteiger partial charge >= 0.3 is 13.1 Å². The van der Waals surface area contributed by atoms with Crippen molar-refractivity contribution in [3.05, 3.63) is 47.5 Å². The molecule has 0 saturated carbocycles. The number of carbonyl (C=O) groups is 1. The van der Waals surface area contributed by atoms with Gasteiger partial charge in [-0.25, -0.2) is 14.8 Å². The summed E-state index contributed by atoms with van der Waals surface area (Å²) in [7, 11) is -0.983. The number of ether oxygens (including phenoxy) is 1. The third-order valence-corrected chi connectivity index (χ3v) is 4.57. The molecule has 0 atom stereocenters. The lowest BCUT2D eigenvalue weighted by molar-refractivity contribution is 0.0134. The van der Waals surface area contributed by atoms with Crippen molar-refractivity contribution in [2.24, 2.45) is 0 Å². The topological polar surface area (TPSA) is 105 Å². The van der Waals surface area contributed by atoms with E-state index in [1.165, 1.54) is 6.33 Å². The van der Waals surface area contributed by atoms with E-state index in [1.807, 2.05) is 0 Å². The summed E-state index contributed by atoms with van der Waals surface area (Å²) in [5, 5.41) is 19.3. The van der Waals surface area contributed by atoms with Crippen LogP contribution in [0.15, 0.2) is 30.9 Å². The summed E-state index contributed by atoms with van der Waals surface area (Å²) < 4.78 is 11.3. The van der Waals surface area contributed by atoms with Crippen LogP contribution in [0, 0.1) is 0 Å². The van der Waals surface area contributed by atoms with Gasteiger partial charge in [0.2, 0.25) is 0 Å². The molecule has 2 aliphatic rings. The molecule has 0 aliphatic carbocycles. The first-order valence-electron chi connectivity index (χ1n) is 8.47. The van der Waals surface area contributed by atoms with Crippen molar-refractivity contribution in [3.8, 4) is 11.5 Å². The molecule has 1 aromatic heterocycles. The second-order valence-electron chi connectivity index (χ2n) is 6.52. The van der Waals surface area contributed by atoms with Crippen molar-refractivity contribution >= 4 is 13.1 Å². The van der Waals surface area contributed by atoms with Crippen LogP contribution in [0.1, 0.15) is 21.5 Å². The summed E-state index contributed by atoms with van der Waals surface area (Å²) >= 11 is 0. The van der Waals surface area contributed by atoms with Crippen molar-refractivity contribution in [3.63, 3.8) is 0 Å². The molecular formula is C17H18BN3O5. The van der Waals surface area contributed by atoms with Gasteiger partial charge in [-0.15, -0.1) is 0 Å². The molecule has 1 fully saturated rings. The second-order valence-corrected chi connectivity index (χ2v) is 6.52. The Morgan fingerprint density at radius 3 is 2.85 bits per heavy atom. The van der Waals surface area contributed by atoms with E-state index in [2.05, 4.69) is 14.9 Å². The SMILES string of the molecule is O=C(O)c1c(OC2CN(Cc3cncnc3)C2)ccc2c1OB(O)CC2. The summed E-state index contributed by atoms with van der Waals surface area (Å²) in [6.07, 6.45) is 5.98. The monoisotopic (exact) mass is 355 g/mol. The van der Waals surface area contributed by atoms with Gasteiger partial charge in [0, 0.05) is 37.6 Å². The van der Waals surface area contributed by atoms with Crippen LogP contribution in [0.4, 0.5) is 0 Å². The normalized spacial score (nSPS) is 17.2. The Morgan fingerprint density at radius 1 is 1.35 bits per heavy atom. The molecule has 0 bridgehead atoms. The van der Waals surface area contributed by atoms with Crippen molar-refractivity contribution in [2.75, 3.05) is 13.1 Å². The number of likely N-dealkylation sites (tertiary alicyclic amines) is 1. The molecule has 1 saturated heterocycles. The Morgan fingerprint density at radius 2 is 2.12 bits per heavy atom. The maximum atomic E-state index is 11.7. The average Bonchev–Trinajstić information content (AvgIpc) is 2.60. The highest BCUT2D eigenvalue weighted by molar-refractivity contribution is 6.44. The van der Waals surface area contributed by atoms with Gasteiger partial charge in [0.05, 0.1) is 0 Å². The van der Waals surface area contributed by atoms with E-state index in [1.54, 1.807) is 24.5 Å². The number of aromatic nitrogens is 2. The lowest BCUT2D eigenvalue weighted by atomic mass is 9.78. The number of carboxylic acids is 1. The van der Waals surface area contributed by atoms with Crippen molar-refractivity contribution in [2.45, 2.75) is 25.4 Å². The molecule has 0 amide bonds. The fourth-order valence-electron chi connectivity index (χ4n) is 3.29. The number of fused-ring (bicyclic) bond motifs is 1. The van der Waals surface area contributed by atoms with Crippen LogP contribution in [-0.4, -0.2) is 57.3 Å². The number of carboxylic acid groups (broad SMARTS) is 1. The molecule has 3 heterocycles. The molecular weight excluding hydrogens is 337 g/mol. The fraction of sp³-hybridized carbons (Fsp3) is 0.353. The number of hydrogen-bond acceptors (Lipinski definition) is 7. The molecule has 2 N–H and O–H groups in total. The highest BCUT2D eigenvalue weighted by atomic mass is 16.5. The Balaban J connectivity index is 1.44. The number of nitrogens with zero attached hydrogens (tertiary/aromatic N) is 3. The van der Waals surface area contributed by atoms with E-state index in [4.69, 9.17) is 9.39 Å². The lowest BCUT2D eigenvalue weighted by Crippen LogP contribution is -2.53. The van der Waals surface area contributed by atoms with E-state index < -0.39 is 13.1 Å². The van der Waals surface area contributed by atoms with Gasteiger partial charge in [-0.2, -0.15) is 0 Å². The molecule has 8 nitrogen and oxygen atoms in total. The zero-order valence-electron chi connectivity index (χ0n) is 14.0. The average molecular weight is 355 g/mol. The predicted octanol–water partition coefficient (Wildman–Crippen LogP) is 0.853. The van der Waals surface area contributed by atoms with Crippen molar-refractivity contribution in [1.29, 1.82) is 0 Å². The third kappa shape index (κ3) is 3.35. The van der Waals surface area contributed by atoms with Crippen molar-refractivity contribution in [1.82, 2.24) is 14.9 Å². The number of benzene rings is 1. The van der Waals surface area contributed by atoms with Gasteiger partial charge < -0.3 is 19.5 Å². The van der Waals surface area contributed by atoms with Gasteiger partial charge in [0.1, 0.15) is 29.5 Å². The minimum Gasteiger partial charge on any atom is -0.535 e. The Hall–Kier alpha value is -2.65. The number of aryl methyl sites for hydroxylation is 1. The van der Waals surface area contributed by atoms with E-state index in [-0.39, 0.29) is 23.2 Å². The Labute approximate surface area is 150 Å². The van der Waals surface area contributed by atoms with Crippen LogP contribution < -0.4 is 9.39 Å². The van der Waals surface area contributed by atoms with E-state index in [9.17, 15) is 14.9 Å². The largest absolute Gasteiger partial charge is 0.535 e. The first-order valence-corrected chi connectivity index (χ1v) is 8.47. The third-order valence-electron chi connectivity index (χ3n) is 4.57. The second kappa shape index (κ2) is 6.93. The zero-order valence-corrected chi connectivity index (χ0v) is 14.0. The molecule has 26 heavy (non-hydrogen) atoms. The lowest BCUT2D eigenvalue weighted by Gasteiger charge is -2.39. The van der Waals surface area contributed by atoms with Gasteiger partial charge in [0.15, 0.2) is 0 Å². The number of aromatic carboxylic acids is 1. The van der Waals surface area contributed by atoms with Gasteiger partial charge in [0.25, 0.3) is 0 Å². The summed E-state index contributed by atoms with van der Waals surface area (Å²) in [5.41, 5.74) is 1.78. The molecule has 9 heteroatoms. The quantitative estimate of drug-likeness (QED) is 0.761. The molecule has 2 aromatic rings. The molecule has 0 radical (unpaired) electrons. The molecule has 4 rings (SSSR count). The maximum Gasteiger partial charge on any atom is 0.522 e. The van der Waals surface area contributed by atoms with Crippen molar-refractivity contribution < 1.29 is 24.3 Å². The first kappa shape index (κ1) is 16.8. The number of rotatable bonds is 5. The smallest absolute Gasteiger partial charge is 0.522 e. The molecule has 0 unspecified atom stereocenters. The highest BCUT2D eigenvalue weighted by Crippen LogP contribution is 2.37. The highest BCUT2D eigenvalue weighted by Gasteiger charge is 2.33. The molecule has 2 aliphatic heterocycles. The zero-order chi connectivity index (χ0) is 18.1. The Bertz CT molecular complexity index is 814. The first-order chi connectivity index (χ1) is 12.6. The predicted molar refractivity (Wildman–Crippen MR) is 92.2 cm³/mol. The van der Waals surface area contributed by atoms with Gasteiger partial charge in [-0.3, -0.25) is 4.90 Å². The molecule has 134 valence electrons. The van der Waals surface area contributed by atoms with E-state index in [0.717, 1.165) is 17.7 Å². The Kier molecular flexibility index (Phi) is 4.48. The minimum atomic E-state index is -1.12. The number of hydrogen-bond donors (Lipinski definition) is 2. The summed E-state index contributed by atoms with van der Waals surface area (Å²) in [4.78, 5) is 21.9. The van der Waals surface area contributed by atoms with Crippen LogP contribution in [-0.2, 0) is 13.0 Å². The standard InChI is InChI=1S/C17H18BN3O5/c22-17(23)15-14(2-1-12-3-4-18(24)26-16(12)15)25-13-8-21(9-13)7-11-5-19-10-20-6-11/h1-2,5-6,10,13,24H,3-4,7-9H2,(H,22,23). The van der Waals surface area contributed by atoms with E-state index >= 15 is 0 Å². The van der Waals surface area contributed by atoms with Crippen LogP contribution in [0.3, 0.4) is 0 Å². The summed E-state index contributed by atoms with van der Waals surface area (Å²) in [6.45, 7) is 2.11. The minimum absolute atomic E-state index is 0.0174. The van der Waals surface area contributed by atoms with Gasteiger partial charge in [-0.05, 0) is 24.4 Å². The van der Waals surface area contributed by atoms with Crippen LogP contribution in [0.5, 0.6) is 11.5 Å². The molecule has 1 aromatic carbocycles.